The fourth-order valence-electron chi connectivity index (χ4n) is 1.68. The molecular weight excluding hydrogens is 272 g/mol. The van der Waals surface area contributed by atoms with Crippen molar-refractivity contribution in [2.45, 2.75) is 32.6 Å². The van der Waals surface area contributed by atoms with Gasteiger partial charge in [0, 0.05) is 0 Å². The number of carbonyl (C=O) groups is 1. The zero-order valence-electron chi connectivity index (χ0n) is 11.9. The molecule has 1 aromatic heterocycles. The number of rotatable bonds is 5. The van der Waals surface area contributed by atoms with Crippen molar-refractivity contribution in [1.29, 1.82) is 0 Å². The van der Waals surface area contributed by atoms with Crippen LogP contribution in [0.25, 0.3) is 0 Å². The summed E-state index contributed by atoms with van der Waals surface area (Å²) in [7, 11) is 0. The minimum absolute atomic E-state index is 0.203. The van der Waals surface area contributed by atoms with Gasteiger partial charge < -0.3 is 15.2 Å². The van der Waals surface area contributed by atoms with Gasteiger partial charge in [-0.15, -0.1) is 0 Å². The molecule has 2 atom stereocenters. The van der Waals surface area contributed by atoms with Crippen molar-refractivity contribution in [3.8, 4) is 0 Å². The molecule has 7 heteroatoms. The predicted molar refractivity (Wildman–Crippen MR) is 75.2 cm³/mol. The molecule has 0 fully saturated rings. The molecule has 0 aliphatic carbocycles. The standard InChI is InChI=1S/C14H18N4O3/c1-9(12-16-13(10(2)19)18-17-12)15-14(20)21-8-11-6-4-3-5-7-11/h3-7,9-10,19H,8H2,1-2H3,(H,15,20)(H,16,17,18). The SMILES string of the molecule is CC(O)c1n[nH]c(C(C)NC(=O)OCc2ccccc2)n1. The lowest BCUT2D eigenvalue weighted by atomic mass is 10.2. The Morgan fingerprint density at radius 3 is 2.71 bits per heavy atom. The van der Waals surface area contributed by atoms with E-state index in [9.17, 15) is 9.90 Å². The molecule has 0 bridgehead atoms. The maximum absolute atomic E-state index is 11.7. The maximum Gasteiger partial charge on any atom is 0.408 e. The van der Waals surface area contributed by atoms with Crippen molar-refractivity contribution in [3.05, 3.63) is 47.5 Å². The lowest BCUT2D eigenvalue weighted by molar-refractivity contribution is 0.136. The molecule has 1 aromatic carbocycles. The van der Waals surface area contributed by atoms with E-state index in [2.05, 4.69) is 20.5 Å². The third kappa shape index (κ3) is 4.28. The first kappa shape index (κ1) is 15.0. The molecule has 112 valence electrons. The summed E-state index contributed by atoms with van der Waals surface area (Å²) in [6.45, 7) is 3.52. The van der Waals surface area contributed by atoms with E-state index in [0.717, 1.165) is 5.56 Å². The zero-order chi connectivity index (χ0) is 15.2. The Bertz CT molecular complexity index is 583. The Morgan fingerprint density at radius 1 is 1.38 bits per heavy atom. The molecule has 21 heavy (non-hydrogen) atoms. The Hall–Kier alpha value is -2.41. The third-order valence-electron chi connectivity index (χ3n) is 2.85. The van der Waals surface area contributed by atoms with Gasteiger partial charge in [0.15, 0.2) is 5.82 Å². The topological polar surface area (TPSA) is 100 Å². The van der Waals surface area contributed by atoms with Crippen molar-refractivity contribution >= 4 is 6.09 Å². The molecule has 1 amide bonds. The fraction of sp³-hybridized carbons (Fsp3) is 0.357. The van der Waals surface area contributed by atoms with Gasteiger partial charge in [-0.2, -0.15) is 5.10 Å². The van der Waals surface area contributed by atoms with Crippen LogP contribution in [0.1, 0.15) is 43.2 Å². The smallest absolute Gasteiger partial charge is 0.408 e. The molecule has 2 aromatic rings. The highest BCUT2D eigenvalue weighted by atomic mass is 16.5. The van der Waals surface area contributed by atoms with Crippen LogP contribution in [0.3, 0.4) is 0 Å². The monoisotopic (exact) mass is 290 g/mol. The van der Waals surface area contributed by atoms with E-state index in [1.807, 2.05) is 30.3 Å². The number of aromatic nitrogens is 3. The molecule has 2 rings (SSSR count). The fourth-order valence-corrected chi connectivity index (χ4v) is 1.68. The van der Waals surface area contributed by atoms with Crippen molar-refractivity contribution in [2.75, 3.05) is 0 Å². The average molecular weight is 290 g/mol. The van der Waals surface area contributed by atoms with Gasteiger partial charge in [-0.3, -0.25) is 5.10 Å². The second-order valence-electron chi connectivity index (χ2n) is 4.68. The highest BCUT2D eigenvalue weighted by molar-refractivity contribution is 5.67. The normalized spacial score (nSPS) is 13.5. The first-order valence-electron chi connectivity index (χ1n) is 6.63. The molecule has 0 saturated carbocycles. The highest BCUT2D eigenvalue weighted by Crippen LogP contribution is 2.11. The number of ether oxygens (including phenoxy) is 1. The number of amides is 1. The van der Waals surface area contributed by atoms with Crippen LogP contribution in [-0.2, 0) is 11.3 Å². The van der Waals surface area contributed by atoms with Crippen LogP contribution in [0, 0.1) is 0 Å². The Labute approximate surface area is 122 Å². The van der Waals surface area contributed by atoms with Gasteiger partial charge in [-0.05, 0) is 19.4 Å². The number of benzene rings is 1. The largest absolute Gasteiger partial charge is 0.445 e. The Kier molecular flexibility index (Phi) is 4.89. The number of carbonyl (C=O) groups excluding carboxylic acids is 1. The minimum atomic E-state index is -0.757. The van der Waals surface area contributed by atoms with Crippen molar-refractivity contribution in [2.24, 2.45) is 0 Å². The van der Waals surface area contributed by atoms with Gasteiger partial charge in [0.2, 0.25) is 0 Å². The number of nitrogens with zero attached hydrogens (tertiary/aromatic N) is 2. The molecule has 7 nitrogen and oxygen atoms in total. The van der Waals surface area contributed by atoms with Gasteiger partial charge in [-0.25, -0.2) is 9.78 Å². The second kappa shape index (κ2) is 6.85. The number of aliphatic hydroxyl groups excluding tert-OH is 1. The molecule has 0 saturated heterocycles. The summed E-state index contributed by atoms with van der Waals surface area (Å²) in [5, 5.41) is 18.5. The number of aliphatic hydroxyl groups is 1. The summed E-state index contributed by atoms with van der Waals surface area (Å²) in [5.74, 6) is 0.749. The molecule has 1 heterocycles. The van der Waals surface area contributed by atoms with Gasteiger partial charge in [0.25, 0.3) is 0 Å². The average Bonchev–Trinajstić information content (AvgIpc) is 2.96. The summed E-state index contributed by atoms with van der Waals surface area (Å²) in [5.41, 5.74) is 0.913. The van der Waals surface area contributed by atoms with Crippen LogP contribution in [-0.4, -0.2) is 26.4 Å². The number of hydrogen-bond donors (Lipinski definition) is 3. The van der Waals surface area contributed by atoms with Crippen LogP contribution in [0.5, 0.6) is 0 Å². The molecule has 2 unspecified atom stereocenters. The molecule has 0 aliphatic heterocycles. The quantitative estimate of drug-likeness (QED) is 0.780. The summed E-state index contributed by atoms with van der Waals surface area (Å²) in [6.07, 6.45) is -1.30. The lowest BCUT2D eigenvalue weighted by Crippen LogP contribution is -2.28. The van der Waals surface area contributed by atoms with Crippen LogP contribution in [0.15, 0.2) is 30.3 Å². The van der Waals surface area contributed by atoms with E-state index in [1.165, 1.54) is 0 Å². The van der Waals surface area contributed by atoms with Crippen LogP contribution >= 0.6 is 0 Å². The van der Waals surface area contributed by atoms with Crippen molar-refractivity contribution in [1.82, 2.24) is 20.5 Å². The number of aromatic amines is 1. The van der Waals surface area contributed by atoms with Gasteiger partial charge in [-0.1, -0.05) is 30.3 Å². The number of nitrogens with one attached hydrogen (secondary N) is 2. The van der Waals surface area contributed by atoms with Crippen LogP contribution in [0.4, 0.5) is 4.79 Å². The highest BCUT2D eigenvalue weighted by Gasteiger charge is 2.16. The summed E-state index contributed by atoms with van der Waals surface area (Å²) < 4.78 is 5.11. The summed E-state index contributed by atoms with van der Waals surface area (Å²) >= 11 is 0. The minimum Gasteiger partial charge on any atom is -0.445 e. The number of alkyl carbamates (subject to hydrolysis) is 1. The molecule has 3 N–H and O–H groups in total. The lowest BCUT2D eigenvalue weighted by Gasteiger charge is -2.11. The van der Waals surface area contributed by atoms with E-state index in [4.69, 9.17) is 4.74 Å². The Balaban J connectivity index is 1.84. The van der Waals surface area contributed by atoms with Crippen molar-refractivity contribution < 1.29 is 14.6 Å². The van der Waals surface area contributed by atoms with Gasteiger partial charge in [0.1, 0.15) is 18.5 Å². The van der Waals surface area contributed by atoms with Crippen molar-refractivity contribution in [3.63, 3.8) is 0 Å². The van der Waals surface area contributed by atoms with Gasteiger partial charge >= 0.3 is 6.09 Å². The number of H-pyrrole nitrogens is 1. The summed E-state index contributed by atoms with van der Waals surface area (Å²) in [6, 6.07) is 9.02. The summed E-state index contributed by atoms with van der Waals surface area (Å²) in [4.78, 5) is 15.8. The maximum atomic E-state index is 11.7. The van der Waals surface area contributed by atoms with Crippen LogP contribution < -0.4 is 5.32 Å². The van der Waals surface area contributed by atoms with E-state index >= 15 is 0 Å². The van der Waals surface area contributed by atoms with Crippen LogP contribution in [0.2, 0.25) is 0 Å². The Morgan fingerprint density at radius 2 is 2.10 bits per heavy atom. The molecule has 0 radical (unpaired) electrons. The van der Waals surface area contributed by atoms with E-state index in [0.29, 0.717) is 5.82 Å². The second-order valence-corrected chi connectivity index (χ2v) is 4.68. The third-order valence-corrected chi connectivity index (χ3v) is 2.85. The van der Waals surface area contributed by atoms with E-state index in [-0.39, 0.29) is 12.4 Å². The van der Waals surface area contributed by atoms with E-state index in [1.54, 1.807) is 13.8 Å². The predicted octanol–water partition coefficient (Wildman–Crippen LogP) is 1.85. The first-order valence-corrected chi connectivity index (χ1v) is 6.63. The van der Waals surface area contributed by atoms with Gasteiger partial charge in [0.05, 0.1) is 6.04 Å². The first-order chi connectivity index (χ1) is 10.1. The van der Waals surface area contributed by atoms with E-state index < -0.39 is 18.2 Å². The number of hydrogen-bond acceptors (Lipinski definition) is 5. The molecule has 0 spiro atoms. The molecular formula is C14H18N4O3. The zero-order valence-corrected chi connectivity index (χ0v) is 11.9. The molecule has 0 aliphatic rings.